The maximum Gasteiger partial charge on any atom is 0.0794 e. The molecule has 4 heteroatoms. The first kappa shape index (κ1) is 13.6. The molecule has 0 bridgehead atoms. The van der Waals surface area contributed by atoms with Gasteiger partial charge in [-0.3, -0.25) is 4.98 Å². The number of benzene rings is 1. The SMILES string of the molecule is c1ncc(CNCc2ccc(N3CCCCC3)cc2)s1. The van der Waals surface area contributed by atoms with Crippen LogP contribution >= 0.6 is 11.3 Å². The molecule has 0 unspecified atom stereocenters. The fraction of sp³-hybridized carbons (Fsp3) is 0.438. The summed E-state index contributed by atoms with van der Waals surface area (Å²) >= 11 is 1.70. The predicted molar refractivity (Wildman–Crippen MR) is 85.2 cm³/mol. The Bertz CT molecular complexity index is 501. The van der Waals surface area contributed by atoms with Gasteiger partial charge in [0.2, 0.25) is 0 Å². The first-order valence-corrected chi connectivity index (χ1v) is 8.22. The van der Waals surface area contributed by atoms with Gasteiger partial charge in [-0.2, -0.15) is 0 Å². The van der Waals surface area contributed by atoms with Crippen LogP contribution in [0.3, 0.4) is 0 Å². The van der Waals surface area contributed by atoms with Crippen molar-refractivity contribution < 1.29 is 0 Å². The Kier molecular flexibility index (Phi) is 4.66. The van der Waals surface area contributed by atoms with E-state index in [1.807, 2.05) is 11.7 Å². The van der Waals surface area contributed by atoms with Crippen molar-refractivity contribution in [1.82, 2.24) is 10.3 Å². The highest BCUT2D eigenvalue weighted by Gasteiger charge is 2.10. The van der Waals surface area contributed by atoms with Crippen LogP contribution in [0.2, 0.25) is 0 Å². The third kappa shape index (κ3) is 3.58. The summed E-state index contributed by atoms with van der Waals surface area (Å²) in [5.74, 6) is 0. The van der Waals surface area contributed by atoms with Gasteiger partial charge in [-0.25, -0.2) is 0 Å². The van der Waals surface area contributed by atoms with Crippen molar-refractivity contribution in [3.63, 3.8) is 0 Å². The Morgan fingerprint density at radius 1 is 1.05 bits per heavy atom. The van der Waals surface area contributed by atoms with Gasteiger partial charge in [-0.15, -0.1) is 11.3 Å². The predicted octanol–water partition coefficient (Wildman–Crippen LogP) is 3.42. The fourth-order valence-corrected chi connectivity index (χ4v) is 3.20. The van der Waals surface area contributed by atoms with Crippen LogP contribution in [-0.2, 0) is 13.1 Å². The van der Waals surface area contributed by atoms with Crippen molar-refractivity contribution in [1.29, 1.82) is 0 Å². The van der Waals surface area contributed by atoms with Crippen LogP contribution in [0.25, 0.3) is 0 Å². The lowest BCUT2D eigenvalue weighted by molar-refractivity contribution is 0.578. The molecule has 1 saturated heterocycles. The van der Waals surface area contributed by atoms with Gasteiger partial charge in [-0.05, 0) is 37.0 Å². The van der Waals surface area contributed by atoms with Crippen LogP contribution in [0.15, 0.2) is 36.0 Å². The van der Waals surface area contributed by atoms with Crippen molar-refractivity contribution in [2.24, 2.45) is 0 Å². The number of aromatic nitrogens is 1. The van der Waals surface area contributed by atoms with Crippen molar-refractivity contribution in [2.75, 3.05) is 18.0 Å². The summed E-state index contributed by atoms with van der Waals surface area (Å²) in [7, 11) is 0. The van der Waals surface area contributed by atoms with Crippen molar-refractivity contribution in [2.45, 2.75) is 32.4 Å². The highest BCUT2D eigenvalue weighted by Crippen LogP contribution is 2.20. The van der Waals surface area contributed by atoms with E-state index in [-0.39, 0.29) is 0 Å². The van der Waals surface area contributed by atoms with E-state index in [0.29, 0.717) is 0 Å². The molecule has 1 fully saturated rings. The number of hydrogen-bond donors (Lipinski definition) is 1. The summed E-state index contributed by atoms with van der Waals surface area (Å²) in [6, 6.07) is 9.00. The monoisotopic (exact) mass is 287 g/mol. The normalized spacial score (nSPS) is 15.5. The molecule has 2 aromatic rings. The van der Waals surface area contributed by atoms with Crippen LogP contribution in [0.1, 0.15) is 29.7 Å². The molecule has 0 amide bonds. The largest absolute Gasteiger partial charge is 0.372 e. The molecular weight excluding hydrogens is 266 g/mol. The molecule has 0 radical (unpaired) electrons. The highest BCUT2D eigenvalue weighted by atomic mass is 32.1. The molecule has 1 aromatic carbocycles. The van der Waals surface area contributed by atoms with Gasteiger partial charge >= 0.3 is 0 Å². The van der Waals surface area contributed by atoms with Crippen LogP contribution in [0, 0.1) is 0 Å². The fourth-order valence-electron chi connectivity index (χ4n) is 2.64. The minimum absolute atomic E-state index is 0.901. The van der Waals surface area contributed by atoms with Crippen LogP contribution in [0.5, 0.6) is 0 Å². The second kappa shape index (κ2) is 6.86. The zero-order valence-electron chi connectivity index (χ0n) is 11.7. The molecule has 1 aliphatic heterocycles. The van der Waals surface area contributed by atoms with Gasteiger partial charge in [0.1, 0.15) is 0 Å². The molecule has 1 N–H and O–H groups in total. The summed E-state index contributed by atoms with van der Waals surface area (Å²) in [4.78, 5) is 7.87. The molecule has 2 heterocycles. The van der Waals surface area contributed by atoms with E-state index in [1.165, 1.54) is 48.5 Å². The molecule has 0 aliphatic carbocycles. The molecule has 0 saturated carbocycles. The first-order valence-electron chi connectivity index (χ1n) is 7.34. The van der Waals surface area contributed by atoms with E-state index < -0.39 is 0 Å². The average Bonchev–Trinajstić information content (AvgIpc) is 3.02. The van der Waals surface area contributed by atoms with E-state index >= 15 is 0 Å². The lowest BCUT2D eigenvalue weighted by atomic mass is 10.1. The molecular formula is C16H21N3S. The van der Waals surface area contributed by atoms with Crippen molar-refractivity contribution >= 4 is 17.0 Å². The summed E-state index contributed by atoms with van der Waals surface area (Å²) in [6.45, 7) is 4.24. The maximum atomic E-state index is 4.08. The minimum Gasteiger partial charge on any atom is -0.372 e. The lowest BCUT2D eigenvalue weighted by Gasteiger charge is -2.28. The van der Waals surface area contributed by atoms with Crippen LogP contribution in [0.4, 0.5) is 5.69 Å². The van der Waals surface area contributed by atoms with Gasteiger partial charge < -0.3 is 10.2 Å². The standard InChI is InChI=1S/C16H21N3S/c1-2-8-19(9-3-1)15-6-4-14(5-7-15)10-17-11-16-12-18-13-20-16/h4-7,12-13,17H,1-3,8-11H2. The highest BCUT2D eigenvalue weighted by molar-refractivity contribution is 7.09. The molecule has 0 atom stereocenters. The van der Waals surface area contributed by atoms with Crippen molar-refractivity contribution in [3.05, 3.63) is 46.4 Å². The quantitative estimate of drug-likeness (QED) is 0.913. The molecule has 1 aliphatic rings. The van der Waals surface area contributed by atoms with Crippen molar-refractivity contribution in [3.8, 4) is 0 Å². The Morgan fingerprint density at radius 3 is 2.55 bits per heavy atom. The van der Waals surface area contributed by atoms with Crippen LogP contribution < -0.4 is 10.2 Å². The number of hydrogen-bond acceptors (Lipinski definition) is 4. The number of nitrogens with one attached hydrogen (secondary N) is 1. The summed E-state index contributed by atoms with van der Waals surface area (Å²) in [6.07, 6.45) is 5.98. The van der Waals surface area contributed by atoms with Gasteiger partial charge in [0, 0.05) is 42.9 Å². The Balaban J connectivity index is 1.50. The topological polar surface area (TPSA) is 28.2 Å². The Morgan fingerprint density at radius 2 is 1.85 bits per heavy atom. The van der Waals surface area contributed by atoms with Gasteiger partial charge in [0.05, 0.1) is 5.51 Å². The first-order chi connectivity index (χ1) is 9.92. The Labute approximate surface area is 124 Å². The number of nitrogens with zero attached hydrogens (tertiary/aromatic N) is 2. The third-order valence-corrected chi connectivity index (χ3v) is 4.55. The number of anilines is 1. The van der Waals surface area contributed by atoms with E-state index in [0.717, 1.165) is 13.1 Å². The molecule has 1 aromatic heterocycles. The third-order valence-electron chi connectivity index (χ3n) is 3.77. The van der Waals surface area contributed by atoms with Gasteiger partial charge in [0.25, 0.3) is 0 Å². The maximum absolute atomic E-state index is 4.08. The second-order valence-corrected chi connectivity index (χ2v) is 6.26. The molecule has 3 nitrogen and oxygen atoms in total. The molecule has 0 spiro atoms. The zero-order chi connectivity index (χ0) is 13.6. The smallest absolute Gasteiger partial charge is 0.0794 e. The molecule has 20 heavy (non-hydrogen) atoms. The Hall–Kier alpha value is -1.39. The summed E-state index contributed by atoms with van der Waals surface area (Å²) in [5, 5.41) is 3.46. The zero-order valence-corrected chi connectivity index (χ0v) is 12.5. The average molecular weight is 287 g/mol. The van der Waals surface area contributed by atoms with Gasteiger partial charge in [-0.1, -0.05) is 12.1 Å². The summed E-state index contributed by atoms with van der Waals surface area (Å²) in [5.41, 5.74) is 4.59. The second-order valence-electron chi connectivity index (χ2n) is 5.29. The number of thiazole rings is 1. The summed E-state index contributed by atoms with van der Waals surface area (Å²) < 4.78 is 0. The molecule has 3 rings (SSSR count). The van der Waals surface area contributed by atoms with E-state index in [1.54, 1.807) is 11.3 Å². The lowest BCUT2D eigenvalue weighted by Crippen LogP contribution is -2.29. The van der Waals surface area contributed by atoms with E-state index in [2.05, 4.69) is 39.5 Å². The van der Waals surface area contributed by atoms with E-state index in [9.17, 15) is 0 Å². The number of rotatable bonds is 5. The number of piperidine rings is 1. The molecule has 106 valence electrons. The van der Waals surface area contributed by atoms with E-state index in [4.69, 9.17) is 0 Å². The van der Waals surface area contributed by atoms with Crippen LogP contribution in [-0.4, -0.2) is 18.1 Å². The van der Waals surface area contributed by atoms with Gasteiger partial charge in [0.15, 0.2) is 0 Å². The minimum atomic E-state index is 0.901.